The first-order valence-corrected chi connectivity index (χ1v) is 18.6. The molecule has 3 heteroatoms. The van der Waals surface area contributed by atoms with Crippen LogP contribution in [0.2, 0.25) is 0 Å². The average Bonchev–Trinajstić information content (AvgIpc) is 3.78. The summed E-state index contributed by atoms with van der Waals surface area (Å²) in [7, 11) is 0. The van der Waals surface area contributed by atoms with Crippen LogP contribution in [0, 0.1) is 5.92 Å². The third-order valence-electron chi connectivity index (χ3n) is 11.2. The van der Waals surface area contributed by atoms with Crippen molar-refractivity contribution in [1.82, 2.24) is 5.32 Å². The van der Waals surface area contributed by atoms with Crippen LogP contribution in [0.25, 0.3) is 60.5 Å². The third-order valence-corrected chi connectivity index (χ3v) is 11.2. The van der Waals surface area contributed by atoms with Gasteiger partial charge in [-0.15, -0.1) is 0 Å². The summed E-state index contributed by atoms with van der Waals surface area (Å²) < 4.78 is 6.70. The number of rotatable bonds is 5. The summed E-state index contributed by atoms with van der Waals surface area (Å²) in [5.41, 5.74) is 13.3. The van der Waals surface area contributed by atoms with E-state index >= 15 is 0 Å². The number of nitrogens with zero attached hydrogens (tertiary/aromatic N) is 1. The van der Waals surface area contributed by atoms with Crippen molar-refractivity contribution in [3.8, 4) is 11.1 Å². The van der Waals surface area contributed by atoms with Crippen molar-refractivity contribution in [2.75, 3.05) is 0 Å². The molecule has 8 aromatic rings. The van der Waals surface area contributed by atoms with Crippen molar-refractivity contribution >= 4 is 55.1 Å². The minimum Gasteiger partial charge on any atom is -0.456 e. The van der Waals surface area contributed by atoms with Gasteiger partial charge in [0, 0.05) is 27.8 Å². The van der Waals surface area contributed by atoms with E-state index in [4.69, 9.17) is 9.41 Å². The second-order valence-electron chi connectivity index (χ2n) is 14.3. The van der Waals surface area contributed by atoms with Crippen LogP contribution in [0.15, 0.2) is 198 Å². The number of hydrogen-bond donors (Lipinski definition) is 1. The Hall–Kier alpha value is -6.97. The van der Waals surface area contributed by atoms with Gasteiger partial charge in [0.2, 0.25) is 0 Å². The van der Waals surface area contributed by atoms with Gasteiger partial charge in [-0.2, -0.15) is 0 Å². The first kappa shape index (κ1) is 30.6. The zero-order valence-electron chi connectivity index (χ0n) is 29.4. The first-order chi connectivity index (χ1) is 26.8. The Morgan fingerprint density at radius 2 is 1.26 bits per heavy atom. The molecule has 0 bridgehead atoms. The molecular weight excluding hydrogens is 657 g/mol. The van der Waals surface area contributed by atoms with Gasteiger partial charge < -0.3 is 9.73 Å². The number of nitrogens with one attached hydrogen (secondary N) is 1. The molecule has 2 unspecified atom stereocenters. The van der Waals surface area contributed by atoms with E-state index in [2.05, 4.69) is 193 Å². The lowest BCUT2D eigenvalue weighted by Gasteiger charge is -2.25. The van der Waals surface area contributed by atoms with E-state index in [1.54, 1.807) is 0 Å². The molecule has 3 nitrogen and oxygen atoms in total. The van der Waals surface area contributed by atoms with Crippen molar-refractivity contribution < 1.29 is 4.42 Å². The lowest BCUT2D eigenvalue weighted by atomic mass is 9.87. The van der Waals surface area contributed by atoms with E-state index in [9.17, 15) is 0 Å². The van der Waals surface area contributed by atoms with Gasteiger partial charge in [0.25, 0.3) is 0 Å². The second-order valence-corrected chi connectivity index (χ2v) is 14.3. The SMILES string of the molecule is C1=CC2=c3c(oc4ccc(C5N=C(c6ccc(-c7cc8ccccc8c8ccccc78)cc6)C=C(c6ccccc6)N5)cc34)=C(c3ccccc3)C2C=C1. The van der Waals surface area contributed by atoms with Gasteiger partial charge >= 0.3 is 0 Å². The van der Waals surface area contributed by atoms with E-state index in [0.29, 0.717) is 0 Å². The second kappa shape index (κ2) is 12.3. The maximum atomic E-state index is 6.70. The number of aliphatic imine (C=N–C) groups is 1. The first-order valence-electron chi connectivity index (χ1n) is 18.6. The molecule has 0 fully saturated rings. The van der Waals surface area contributed by atoms with Crippen LogP contribution >= 0.6 is 0 Å². The molecule has 1 N–H and O–H groups in total. The Kier molecular flexibility index (Phi) is 6.99. The quantitative estimate of drug-likeness (QED) is 0.183. The molecule has 7 aromatic carbocycles. The van der Waals surface area contributed by atoms with E-state index in [1.165, 1.54) is 54.6 Å². The number of benzene rings is 7. The highest BCUT2D eigenvalue weighted by molar-refractivity contribution is 6.15. The Bertz CT molecular complexity index is 3050. The Morgan fingerprint density at radius 1 is 0.556 bits per heavy atom. The smallest absolute Gasteiger partial charge is 0.145 e. The molecular formula is C51H34N2O. The monoisotopic (exact) mass is 690 g/mol. The molecule has 0 amide bonds. The van der Waals surface area contributed by atoms with E-state index in [0.717, 1.165) is 44.5 Å². The van der Waals surface area contributed by atoms with Crippen LogP contribution in [-0.4, -0.2) is 5.71 Å². The number of fused-ring (bicyclic) bond motifs is 7. The van der Waals surface area contributed by atoms with Crippen molar-refractivity contribution in [3.05, 3.63) is 221 Å². The van der Waals surface area contributed by atoms with Gasteiger partial charge in [0.1, 0.15) is 17.2 Å². The summed E-state index contributed by atoms with van der Waals surface area (Å²) in [4.78, 5) is 5.38. The predicted octanol–water partition coefficient (Wildman–Crippen LogP) is 10.6. The molecule has 1 aromatic heterocycles. The van der Waals surface area contributed by atoms with Crippen LogP contribution in [0.5, 0.6) is 0 Å². The van der Waals surface area contributed by atoms with Gasteiger partial charge in [0.05, 0.1) is 5.71 Å². The highest BCUT2D eigenvalue weighted by atomic mass is 16.3. The fourth-order valence-electron chi connectivity index (χ4n) is 8.61. The largest absolute Gasteiger partial charge is 0.456 e. The summed E-state index contributed by atoms with van der Waals surface area (Å²) in [6.07, 6.45) is 10.7. The molecule has 3 aliphatic rings. The molecule has 11 rings (SSSR count). The zero-order valence-corrected chi connectivity index (χ0v) is 29.4. The van der Waals surface area contributed by atoms with Crippen LogP contribution in [-0.2, 0) is 0 Å². The van der Waals surface area contributed by atoms with Crippen LogP contribution in [0.1, 0.15) is 28.4 Å². The fourth-order valence-corrected chi connectivity index (χ4v) is 8.61. The Morgan fingerprint density at radius 3 is 2.07 bits per heavy atom. The van der Waals surface area contributed by atoms with Gasteiger partial charge in [-0.3, -0.25) is 4.99 Å². The van der Waals surface area contributed by atoms with Gasteiger partial charge in [-0.05, 0) is 84.8 Å². The van der Waals surface area contributed by atoms with Gasteiger partial charge in [-0.1, -0.05) is 164 Å². The highest BCUT2D eigenvalue weighted by Crippen LogP contribution is 2.37. The number of furan rings is 1. The molecule has 0 spiro atoms. The summed E-state index contributed by atoms with van der Waals surface area (Å²) in [5.74, 6) is 0.166. The lowest BCUT2D eigenvalue weighted by molar-refractivity contribution is 0.572. The van der Waals surface area contributed by atoms with E-state index in [1.807, 2.05) is 0 Å². The molecule has 2 heterocycles. The maximum Gasteiger partial charge on any atom is 0.145 e. The molecule has 0 saturated carbocycles. The molecule has 2 atom stereocenters. The lowest BCUT2D eigenvalue weighted by Crippen LogP contribution is -2.25. The van der Waals surface area contributed by atoms with Crippen molar-refractivity contribution in [2.24, 2.45) is 10.9 Å². The minimum atomic E-state index is -0.291. The molecule has 1 aliphatic heterocycles. The summed E-state index contributed by atoms with van der Waals surface area (Å²) in [5, 5.41) is 11.1. The van der Waals surface area contributed by atoms with Crippen molar-refractivity contribution in [1.29, 1.82) is 0 Å². The van der Waals surface area contributed by atoms with Crippen LogP contribution in [0.3, 0.4) is 0 Å². The average molecular weight is 691 g/mol. The molecule has 2 aliphatic carbocycles. The van der Waals surface area contributed by atoms with Crippen molar-refractivity contribution in [3.63, 3.8) is 0 Å². The van der Waals surface area contributed by atoms with Crippen LogP contribution in [0.4, 0.5) is 0 Å². The summed E-state index contributed by atoms with van der Waals surface area (Å²) in [6.45, 7) is 0. The van der Waals surface area contributed by atoms with Crippen LogP contribution < -0.4 is 16.0 Å². The van der Waals surface area contributed by atoms with E-state index < -0.39 is 0 Å². The summed E-state index contributed by atoms with van der Waals surface area (Å²) >= 11 is 0. The number of allylic oxidation sites excluding steroid dienone is 5. The molecule has 254 valence electrons. The third kappa shape index (κ3) is 4.93. The maximum absolute atomic E-state index is 6.70. The van der Waals surface area contributed by atoms with E-state index in [-0.39, 0.29) is 12.1 Å². The summed E-state index contributed by atoms with van der Waals surface area (Å²) in [6, 6.07) is 56.3. The highest BCUT2D eigenvalue weighted by Gasteiger charge is 2.29. The zero-order chi connectivity index (χ0) is 35.6. The molecule has 0 radical (unpaired) electrons. The normalized spacial score (nSPS) is 17.4. The standard InChI is InChI=1S/C51H34N2O/c1-3-13-33(14-4-1)45-31-46(34-25-23-32(24-26-34)43-29-36-17-7-8-18-38(36)39-19-9-10-20-40(39)43)53-51(52-45)37-27-28-47-44(30-37)49-42-22-12-11-21-41(42)48(50(49)54-47)35-15-5-2-6-16-35/h1-31,41,51-52H. The fraction of sp³-hybridized carbons (Fsp3) is 0.0392. The minimum absolute atomic E-state index is 0.166. The Balaban J connectivity index is 1.03. The topological polar surface area (TPSA) is 37.5 Å². The Labute approximate surface area is 312 Å². The van der Waals surface area contributed by atoms with Crippen molar-refractivity contribution in [2.45, 2.75) is 6.17 Å². The molecule has 0 saturated heterocycles. The van der Waals surface area contributed by atoms with Gasteiger partial charge in [0.15, 0.2) is 0 Å². The number of hydrogen-bond acceptors (Lipinski definition) is 3. The van der Waals surface area contributed by atoms with Gasteiger partial charge in [-0.25, -0.2) is 0 Å². The molecule has 54 heavy (non-hydrogen) atoms. The predicted molar refractivity (Wildman–Crippen MR) is 223 cm³/mol.